The second kappa shape index (κ2) is 10.6. The normalized spacial score (nSPS) is 18.0. The molecule has 1 aromatic heterocycles. The fraction of sp³-hybridized carbons (Fsp3) is 0.0476. The van der Waals surface area contributed by atoms with E-state index in [-0.39, 0.29) is 0 Å². The van der Waals surface area contributed by atoms with Crippen LogP contribution in [0.2, 0.25) is 0 Å². The molecule has 0 fully saturated rings. The van der Waals surface area contributed by atoms with Gasteiger partial charge in [-0.25, -0.2) is 9.97 Å². The van der Waals surface area contributed by atoms with E-state index >= 15 is 0 Å². The van der Waals surface area contributed by atoms with Crippen molar-refractivity contribution in [2.75, 3.05) is 0 Å². The van der Waals surface area contributed by atoms with Crippen LogP contribution >= 0.6 is 0 Å². The second-order valence-electron chi connectivity index (χ2n) is 11.4. The Morgan fingerprint density at radius 1 is 0.545 bits per heavy atom. The number of fused-ring (bicyclic) bond motifs is 7. The first-order chi connectivity index (χ1) is 21.7. The number of nitrogens with zero attached hydrogens (tertiary/aromatic N) is 2. The summed E-state index contributed by atoms with van der Waals surface area (Å²) >= 11 is 0. The molecular formula is C42H30N2. The first-order valence-corrected chi connectivity index (χ1v) is 15.1. The van der Waals surface area contributed by atoms with Crippen LogP contribution in [0.1, 0.15) is 22.3 Å². The highest BCUT2D eigenvalue weighted by molar-refractivity contribution is 5.95. The van der Waals surface area contributed by atoms with Crippen molar-refractivity contribution in [2.45, 2.75) is 11.8 Å². The van der Waals surface area contributed by atoms with Crippen molar-refractivity contribution < 1.29 is 0 Å². The summed E-state index contributed by atoms with van der Waals surface area (Å²) < 4.78 is 0. The first-order valence-electron chi connectivity index (χ1n) is 15.1. The summed E-state index contributed by atoms with van der Waals surface area (Å²) in [4.78, 5) is 10.3. The molecule has 2 aliphatic rings. The van der Waals surface area contributed by atoms with Gasteiger partial charge in [0.2, 0.25) is 0 Å². The Hall–Kier alpha value is -5.60. The lowest BCUT2D eigenvalue weighted by molar-refractivity contribution is 0.760. The fourth-order valence-corrected chi connectivity index (χ4v) is 7.04. The second-order valence-corrected chi connectivity index (χ2v) is 11.4. The molecule has 1 spiro atoms. The average Bonchev–Trinajstić information content (AvgIpc) is 3.43. The smallest absolute Gasteiger partial charge is 0.160 e. The molecule has 0 saturated carbocycles. The van der Waals surface area contributed by atoms with E-state index in [9.17, 15) is 0 Å². The van der Waals surface area contributed by atoms with E-state index in [1.807, 2.05) is 24.3 Å². The summed E-state index contributed by atoms with van der Waals surface area (Å²) in [5.74, 6) is 0.715. The van der Waals surface area contributed by atoms with Crippen LogP contribution in [-0.2, 0) is 11.8 Å². The predicted molar refractivity (Wildman–Crippen MR) is 181 cm³/mol. The molecule has 0 saturated heterocycles. The lowest BCUT2D eigenvalue weighted by Crippen LogP contribution is -2.29. The van der Waals surface area contributed by atoms with Crippen LogP contribution in [-0.4, -0.2) is 9.97 Å². The molecule has 0 amide bonds. The van der Waals surface area contributed by atoms with Crippen LogP contribution in [0.25, 0.3) is 45.0 Å². The van der Waals surface area contributed by atoms with Crippen LogP contribution in [0.15, 0.2) is 170 Å². The molecular weight excluding hydrogens is 532 g/mol. The molecule has 8 rings (SSSR count). The number of aromatic nitrogens is 2. The highest BCUT2D eigenvalue weighted by atomic mass is 14.9. The van der Waals surface area contributed by atoms with E-state index in [0.717, 1.165) is 40.1 Å². The monoisotopic (exact) mass is 562 g/mol. The number of benzene rings is 5. The predicted octanol–water partition coefficient (Wildman–Crippen LogP) is 10.0. The van der Waals surface area contributed by atoms with Crippen molar-refractivity contribution >= 4 is 0 Å². The molecule has 44 heavy (non-hydrogen) atoms. The van der Waals surface area contributed by atoms with Crippen molar-refractivity contribution in [2.24, 2.45) is 0 Å². The van der Waals surface area contributed by atoms with Gasteiger partial charge in [0.1, 0.15) is 0 Å². The third kappa shape index (κ3) is 4.03. The van der Waals surface area contributed by atoms with E-state index in [1.54, 1.807) is 0 Å². The van der Waals surface area contributed by atoms with Gasteiger partial charge in [-0.15, -0.1) is 0 Å². The van der Waals surface area contributed by atoms with Gasteiger partial charge < -0.3 is 0 Å². The number of hydrogen-bond acceptors (Lipinski definition) is 2. The molecule has 6 aromatic rings. The van der Waals surface area contributed by atoms with Crippen molar-refractivity contribution in [1.29, 1.82) is 0 Å². The van der Waals surface area contributed by atoms with Gasteiger partial charge in [-0.1, -0.05) is 158 Å². The molecule has 0 N–H and O–H groups in total. The third-order valence-electron chi connectivity index (χ3n) is 8.96. The summed E-state index contributed by atoms with van der Waals surface area (Å²) in [5.41, 5.74) is 13.0. The van der Waals surface area contributed by atoms with Crippen LogP contribution < -0.4 is 0 Å². The maximum atomic E-state index is 5.24. The Labute approximate surface area is 258 Å². The summed E-state index contributed by atoms with van der Waals surface area (Å²) in [6, 6.07) is 47.1. The molecule has 5 aromatic carbocycles. The quantitative estimate of drug-likeness (QED) is 0.214. The van der Waals surface area contributed by atoms with Crippen LogP contribution in [0.5, 0.6) is 0 Å². The molecule has 2 nitrogen and oxygen atoms in total. The Kier molecular flexibility index (Phi) is 6.27. The van der Waals surface area contributed by atoms with Crippen LogP contribution in [0, 0.1) is 0 Å². The van der Waals surface area contributed by atoms with E-state index in [4.69, 9.17) is 16.5 Å². The zero-order valence-corrected chi connectivity index (χ0v) is 24.3. The first kappa shape index (κ1) is 26.1. The highest BCUT2D eigenvalue weighted by Gasteiger charge is 2.47. The Bertz CT molecular complexity index is 2050. The minimum atomic E-state index is -0.529. The molecule has 0 radical (unpaired) electrons. The summed E-state index contributed by atoms with van der Waals surface area (Å²) in [6.07, 6.45) is 9.54. The number of allylic oxidation sites excluding steroid dienone is 5. The Morgan fingerprint density at radius 3 is 2.00 bits per heavy atom. The Morgan fingerprint density at radius 2 is 1.18 bits per heavy atom. The van der Waals surface area contributed by atoms with Crippen molar-refractivity contribution in [3.8, 4) is 45.0 Å². The van der Waals surface area contributed by atoms with Gasteiger partial charge in [0.25, 0.3) is 0 Å². The van der Waals surface area contributed by atoms with Crippen LogP contribution in [0.4, 0.5) is 0 Å². The number of hydrogen-bond donors (Lipinski definition) is 0. The minimum absolute atomic E-state index is 0.529. The van der Waals surface area contributed by atoms with Crippen molar-refractivity contribution in [1.82, 2.24) is 9.97 Å². The van der Waals surface area contributed by atoms with Gasteiger partial charge in [-0.05, 0) is 51.4 Å². The molecule has 1 unspecified atom stereocenters. The third-order valence-corrected chi connectivity index (χ3v) is 8.96. The van der Waals surface area contributed by atoms with Crippen molar-refractivity contribution in [3.63, 3.8) is 0 Å². The lowest BCUT2D eigenvalue weighted by Gasteiger charge is -2.35. The van der Waals surface area contributed by atoms with E-state index < -0.39 is 5.41 Å². The maximum absolute atomic E-state index is 5.24. The van der Waals surface area contributed by atoms with Gasteiger partial charge in [0, 0.05) is 16.7 Å². The van der Waals surface area contributed by atoms with E-state index in [1.165, 1.54) is 33.4 Å². The molecule has 2 heteroatoms. The summed E-state index contributed by atoms with van der Waals surface area (Å²) in [5, 5.41) is 0. The van der Waals surface area contributed by atoms with Gasteiger partial charge in [-0.3, -0.25) is 0 Å². The topological polar surface area (TPSA) is 25.8 Å². The lowest BCUT2D eigenvalue weighted by atomic mass is 9.66. The average molecular weight is 563 g/mol. The van der Waals surface area contributed by atoms with Gasteiger partial charge in [0.15, 0.2) is 5.82 Å². The summed E-state index contributed by atoms with van der Waals surface area (Å²) in [7, 11) is 0. The molecule has 1 heterocycles. The molecule has 0 bridgehead atoms. The molecule has 208 valence electrons. The maximum Gasteiger partial charge on any atom is 0.160 e. The molecule has 2 aliphatic carbocycles. The zero-order chi connectivity index (χ0) is 29.5. The largest absolute Gasteiger partial charge is 0.228 e. The van der Waals surface area contributed by atoms with E-state index in [0.29, 0.717) is 5.82 Å². The SMILES string of the molecule is C=C1/C=C\C=C/Cc2ccccc2C12c1ccccc1-c1c(-c3cc(-c4ccccc4)nc(-c4ccccc4)n3)cccc12. The van der Waals surface area contributed by atoms with Crippen molar-refractivity contribution in [3.05, 3.63) is 192 Å². The van der Waals surface area contributed by atoms with E-state index in [2.05, 4.69) is 133 Å². The highest BCUT2D eigenvalue weighted by Crippen LogP contribution is 2.59. The fourth-order valence-electron chi connectivity index (χ4n) is 7.04. The van der Waals surface area contributed by atoms with Gasteiger partial charge in [0.05, 0.1) is 16.8 Å². The number of rotatable bonds is 3. The standard InChI is InChI=1S/C42H30N2/c1-29-16-5-2-6-17-30-18-11-13-25-35(30)42(29)36-26-14-12-23-33(36)40-34(24-15-27-37(40)42)39-28-38(31-19-7-3-8-20-31)43-41(44-39)32-21-9-4-10-22-32/h2-16,18-28H,1,17H2/b6-2-,16-5-. The zero-order valence-electron chi connectivity index (χ0n) is 24.3. The molecule has 1 atom stereocenters. The van der Waals surface area contributed by atoms with Crippen LogP contribution in [0.3, 0.4) is 0 Å². The Balaban J connectivity index is 1.45. The van der Waals surface area contributed by atoms with Gasteiger partial charge >= 0.3 is 0 Å². The van der Waals surface area contributed by atoms with Gasteiger partial charge in [-0.2, -0.15) is 0 Å². The minimum Gasteiger partial charge on any atom is -0.228 e. The molecule has 0 aliphatic heterocycles. The summed E-state index contributed by atoms with van der Waals surface area (Å²) in [6.45, 7) is 4.75.